The van der Waals surface area contributed by atoms with Crippen molar-refractivity contribution in [2.75, 3.05) is 20.2 Å². The molecular formula is C14H18FNO2. The van der Waals surface area contributed by atoms with Gasteiger partial charge in [0.1, 0.15) is 0 Å². The third kappa shape index (κ3) is 1.99. The maximum atomic E-state index is 13.9. The summed E-state index contributed by atoms with van der Waals surface area (Å²) in [5.74, 6) is 0.469. The average molecular weight is 251 g/mol. The first-order chi connectivity index (χ1) is 8.62. The molecule has 2 fully saturated rings. The van der Waals surface area contributed by atoms with Crippen LogP contribution in [-0.2, 0) is 6.54 Å². The van der Waals surface area contributed by atoms with Crippen LogP contribution in [0.3, 0.4) is 0 Å². The van der Waals surface area contributed by atoms with Crippen LogP contribution in [0.1, 0.15) is 18.4 Å². The Morgan fingerprint density at radius 2 is 2.17 bits per heavy atom. The lowest BCUT2D eigenvalue weighted by Gasteiger charge is -2.47. The van der Waals surface area contributed by atoms with Crippen molar-refractivity contribution in [2.45, 2.75) is 25.0 Å². The molecule has 18 heavy (non-hydrogen) atoms. The summed E-state index contributed by atoms with van der Waals surface area (Å²) in [6.45, 7) is 1.86. The molecule has 1 aromatic rings. The Bertz CT molecular complexity index is 453. The van der Waals surface area contributed by atoms with Gasteiger partial charge in [0.05, 0.1) is 12.7 Å². The third-order valence-electron chi connectivity index (χ3n) is 3.99. The molecule has 0 atom stereocenters. The van der Waals surface area contributed by atoms with Crippen molar-refractivity contribution in [2.24, 2.45) is 5.92 Å². The van der Waals surface area contributed by atoms with Crippen LogP contribution in [-0.4, -0.2) is 35.8 Å². The molecule has 1 aromatic carbocycles. The quantitative estimate of drug-likeness (QED) is 0.885. The highest BCUT2D eigenvalue weighted by Gasteiger charge is 2.51. The van der Waals surface area contributed by atoms with Crippen LogP contribution in [0.2, 0.25) is 0 Å². The number of β-amino-alcohol motifs (C(OH)–C–C–N with tert-alkyl or cyclic N) is 1. The molecule has 3 nitrogen and oxygen atoms in total. The third-order valence-corrected chi connectivity index (χ3v) is 3.99. The van der Waals surface area contributed by atoms with Crippen molar-refractivity contribution in [1.29, 1.82) is 0 Å². The number of hydrogen-bond acceptors (Lipinski definition) is 3. The van der Waals surface area contributed by atoms with Gasteiger partial charge in [0.25, 0.3) is 0 Å². The van der Waals surface area contributed by atoms with Crippen molar-refractivity contribution in [3.8, 4) is 5.75 Å². The molecule has 0 aromatic heterocycles. The summed E-state index contributed by atoms with van der Waals surface area (Å²) in [5, 5.41) is 10.2. The predicted octanol–water partition coefficient (Wildman–Crippen LogP) is 1.79. The molecule has 0 spiro atoms. The molecule has 1 N–H and O–H groups in total. The van der Waals surface area contributed by atoms with Crippen LogP contribution in [0, 0.1) is 11.7 Å². The average Bonchev–Trinajstić information content (AvgIpc) is 3.13. The second-order valence-electron chi connectivity index (χ2n) is 5.46. The van der Waals surface area contributed by atoms with Gasteiger partial charge in [-0.25, -0.2) is 4.39 Å². The Morgan fingerprint density at radius 3 is 2.78 bits per heavy atom. The second-order valence-corrected chi connectivity index (χ2v) is 5.46. The molecule has 0 radical (unpaired) electrons. The molecular weight excluding hydrogens is 233 g/mol. The smallest absolute Gasteiger partial charge is 0.169 e. The van der Waals surface area contributed by atoms with E-state index in [0.29, 0.717) is 31.1 Å². The van der Waals surface area contributed by atoms with Crippen molar-refractivity contribution in [3.05, 3.63) is 29.6 Å². The predicted molar refractivity (Wildman–Crippen MR) is 65.9 cm³/mol. The first-order valence-corrected chi connectivity index (χ1v) is 6.38. The maximum Gasteiger partial charge on any atom is 0.169 e. The van der Waals surface area contributed by atoms with Gasteiger partial charge >= 0.3 is 0 Å². The van der Waals surface area contributed by atoms with Gasteiger partial charge in [-0.15, -0.1) is 0 Å². The number of methoxy groups -OCH3 is 1. The number of benzene rings is 1. The van der Waals surface area contributed by atoms with E-state index in [2.05, 4.69) is 4.90 Å². The molecule has 2 aliphatic rings. The van der Waals surface area contributed by atoms with Crippen LogP contribution >= 0.6 is 0 Å². The van der Waals surface area contributed by atoms with Crippen LogP contribution in [0.5, 0.6) is 5.75 Å². The van der Waals surface area contributed by atoms with Crippen molar-refractivity contribution < 1.29 is 14.2 Å². The van der Waals surface area contributed by atoms with Crippen LogP contribution in [0.4, 0.5) is 4.39 Å². The zero-order valence-corrected chi connectivity index (χ0v) is 10.5. The summed E-state index contributed by atoms with van der Waals surface area (Å²) in [6, 6.07) is 5.19. The lowest BCUT2D eigenvalue weighted by Crippen LogP contribution is -2.62. The number of likely N-dealkylation sites (tertiary alicyclic amines) is 1. The van der Waals surface area contributed by atoms with E-state index in [1.54, 1.807) is 18.2 Å². The fourth-order valence-corrected chi connectivity index (χ4v) is 2.80. The lowest BCUT2D eigenvalue weighted by molar-refractivity contribution is -0.116. The number of aliphatic hydroxyl groups is 1. The number of halogens is 1. The second kappa shape index (κ2) is 4.21. The van der Waals surface area contributed by atoms with E-state index in [1.165, 1.54) is 7.11 Å². The Hall–Kier alpha value is -1.13. The summed E-state index contributed by atoms with van der Waals surface area (Å²) in [7, 11) is 1.47. The standard InChI is InChI=1S/C14H18FNO2/c1-18-12-4-2-3-10(13(12)15)7-16-8-14(17,9-16)11-5-6-11/h2-4,11,17H,5-9H2,1H3. The summed E-state index contributed by atoms with van der Waals surface area (Å²) in [5.41, 5.74) is 0.127. The minimum Gasteiger partial charge on any atom is -0.494 e. The number of rotatable bonds is 4. The van der Waals surface area contributed by atoms with E-state index < -0.39 is 5.60 Å². The van der Waals surface area contributed by atoms with Gasteiger partial charge < -0.3 is 9.84 Å². The molecule has 0 unspecified atom stereocenters. The van der Waals surface area contributed by atoms with Gasteiger partial charge in [-0.05, 0) is 24.8 Å². The molecule has 1 aliphatic carbocycles. The zero-order chi connectivity index (χ0) is 12.8. The molecule has 1 saturated carbocycles. The monoisotopic (exact) mass is 251 g/mol. The first kappa shape index (κ1) is 11.9. The maximum absolute atomic E-state index is 13.9. The molecule has 0 amide bonds. The highest BCUT2D eigenvalue weighted by Crippen LogP contribution is 2.44. The van der Waals surface area contributed by atoms with Crippen molar-refractivity contribution in [3.63, 3.8) is 0 Å². The van der Waals surface area contributed by atoms with Gasteiger partial charge in [0.2, 0.25) is 0 Å². The fourth-order valence-electron chi connectivity index (χ4n) is 2.80. The summed E-state index contributed by atoms with van der Waals surface area (Å²) in [4.78, 5) is 2.08. The Balaban J connectivity index is 1.64. The van der Waals surface area contributed by atoms with E-state index >= 15 is 0 Å². The molecule has 1 aliphatic heterocycles. The van der Waals surface area contributed by atoms with Crippen LogP contribution in [0.15, 0.2) is 18.2 Å². The van der Waals surface area contributed by atoms with Crippen molar-refractivity contribution in [1.82, 2.24) is 4.90 Å². The van der Waals surface area contributed by atoms with Crippen LogP contribution < -0.4 is 4.74 Å². The molecule has 98 valence electrons. The highest BCUT2D eigenvalue weighted by molar-refractivity contribution is 5.31. The van der Waals surface area contributed by atoms with Gasteiger partial charge in [-0.3, -0.25) is 4.90 Å². The highest BCUT2D eigenvalue weighted by atomic mass is 19.1. The summed E-state index contributed by atoms with van der Waals surface area (Å²) in [6.07, 6.45) is 2.27. The van der Waals surface area contributed by atoms with Gasteiger partial charge in [0.15, 0.2) is 11.6 Å². The minimum absolute atomic E-state index is 0.283. The Labute approximate surface area is 106 Å². The Kier molecular flexibility index (Phi) is 2.79. The van der Waals surface area contributed by atoms with E-state index in [4.69, 9.17) is 4.74 Å². The molecule has 1 heterocycles. The lowest BCUT2D eigenvalue weighted by atomic mass is 9.88. The topological polar surface area (TPSA) is 32.7 Å². The normalized spacial score (nSPS) is 22.6. The number of nitrogens with zero attached hydrogens (tertiary/aromatic N) is 1. The van der Waals surface area contributed by atoms with Gasteiger partial charge in [-0.1, -0.05) is 12.1 Å². The molecule has 0 bridgehead atoms. The minimum atomic E-state index is -0.505. The zero-order valence-electron chi connectivity index (χ0n) is 10.5. The van der Waals surface area contributed by atoms with E-state index in [-0.39, 0.29) is 11.6 Å². The largest absolute Gasteiger partial charge is 0.494 e. The summed E-state index contributed by atoms with van der Waals surface area (Å²) < 4.78 is 18.9. The van der Waals surface area contributed by atoms with Crippen LogP contribution in [0.25, 0.3) is 0 Å². The fraction of sp³-hybridized carbons (Fsp3) is 0.571. The number of hydrogen-bond donors (Lipinski definition) is 1. The van der Waals surface area contributed by atoms with Crippen molar-refractivity contribution >= 4 is 0 Å². The van der Waals surface area contributed by atoms with E-state index in [1.807, 2.05) is 0 Å². The first-order valence-electron chi connectivity index (χ1n) is 6.38. The summed E-state index contributed by atoms with van der Waals surface area (Å²) >= 11 is 0. The molecule has 3 rings (SSSR count). The SMILES string of the molecule is COc1cccc(CN2CC(O)(C3CC3)C2)c1F. The van der Waals surface area contributed by atoms with Gasteiger partial charge in [0, 0.05) is 25.2 Å². The number of ether oxygens (including phenoxy) is 1. The van der Waals surface area contributed by atoms with E-state index in [0.717, 1.165) is 12.8 Å². The Morgan fingerprint density at radius 1 is 1.44 bits per heavy atom. The van der Waals surface area contributed by atoms with Gasteiger partial charge in [-0.2, -0.15) is 0 Å². The van der Waals surface area contributed by atoms with E-state index in [9.17, 15) is 9.50 Å². The molecule has 1 saturated heterocycles. The molecule has 4 heteroatoms.